The van der Waals surface area contributed by atoms with Gasteiger partial charge in [-0.25, -0.2) is 12.8 Å². The van der Waals surface area contributed by atoms with Gasteiger partial charge in [0.2, 0.25) is 10.0 Å². The Balaban J connectivity index is 2.37. The average Bonchev–Trinajstić information content (AvgIpc) is 2.42. The van der Waals surface area contributed by atoms with Crippen LogP contribution in [0.4, 0.5) is 10.1 Å². The van der Waals surface area contributed by atoms with E-state index in [-0.39, 0.29) is 34.2 Å². The predicted octanol–water partition coefficient (Wildman–Crippen LogP) is 1.97. The Morgan fingerprint density at radius 1 is 1.55 bits per heavy atom. The SMILES string of the molecule is CCC1CN(S(=O)(=O)c2cc(Br)c(F)cc2N)CCO1. The molecular formula is C12H16BrFN2O3S. The highest BCUT2D eigenvalue weighted by atomic mass is 79.9. The lowest BCUT2D eigenvalue weighted by Crippen LogP contribution is -2.45. The van der Waals surface area contributed by atoms with Gasteiger partial charge in [-0.05, 0) is 34.5 Å². The Hall–Kier alpha value is -0.700. The topological polar surface area (TPSA) is 72.6 Å². The fourth-order valence-corrected chi connectivity index (χ4v) is 4.14. The van der Waals surface area contributed by atoms with E-state index >= 15 is 0 Å². The molecule has 8 heteroatoms. The molecule has 0 radical (unpaired) electrons. The number of rotatable bonds is 3. The van der Waals surface area contributed by atoms with Crippen LogP contribution in [0.25, 0.3) is 0 Å². The van der Waals surface area contributed by atoms with Crippen molar-refractivity contribution in [2.45, 2.75) is 24.3 Å². The van der Waals surface area contributed by atoms with Gasteiger partial charge in [0.25, 0.3) is 0 Å². The molecule has 2 N–H and O–H groups in total. The Bertz CT molecular complexity index is 609. The third kappa shape index (κ3) is 2.98. The molecule has 112 valence electrons. The van der Waals surface area contributed by atoms with Crippen LogP contribution in [0.15, 0.2) is 21.5 Å². The summed E-state index contributed by atoms with van der Waals surface area (Å²) < 4.78 is 45.4. The molecule has 20 heavy (non-hydrogen) atoms. The molecule has 1 heterocycles. The van der Waals surface area contributed by atoms with Crippen molar-refractivity contribution >= 4 is 31.6 Å². The monoisotopic (exact) mass is 366 g/mol. The van der Waals surface area contributed by atoms with E-state index in [0.717, 1.165) is 12.5 Å². The maximum absolute atomic E-state index is 13.4. The van der Waals surface area contributed by atoms with E-state index in [9.17, 15) is 12.8 Å². The first-order valence-electron chi connectivity index (χ1n) is 6.22. The number of hydrogen-bond acceptors (Lipinski definition) is 4. The molecule has 0 bridgehead atoms. The Kier molecular flexibility index (Phi) is 4.68. The van der Waals surface area contributed by atoms with Gasteiger partial charge in [-0.15, -0.1) is 0 Å². The van der Waals surface area contributed by atoms with Crippen LogP contribution in [0.2, 0.25) is 0 Å². The molecule has 0 spiro atoms. The Morgan fingerprint density at radius 2 is 2.25 bits per heavy atom. The molecule has 1 aromatic carbocycles. The molecule has 1 fully saturated rings. The van der Waals surface area contributed by atoms with Crippen molar-refractivity contribution in [2.75, 3.05) is 25.4 Å². The van der Waals surface area contributed by atoms with Crippen molar-refractivity contribution < 1.29 is 17.5 Å². The maximum atomic E-state index is 13.4. The van der Waals surface area contributed by atoms with E-state index in [2.05, 4.69) is 15.9 Å². The van der Waals surface area contributed by atoms with Gasteiger partial charge < -0.3 is 10.5 Å². The lowest BCUT2D eigenvalue weighted by molar-refractivity contribution is -0.00277. The first-order valence-corrected chi connectivity index (χ1v) is 8.45. The summed E-state index contributed by atoms with van der Waals surface area (Å²) in [4.78, 5) is -0.0810. The first kappa shape index (κ1) is 15.7. The zero-order valence-corrected chi connectivity index (χ0v) is 13.4. The molecule has 1 aliphatic heterocycles. The van der Waals surface area contributed by atoms with Crippen molar-refractivity contribution in [3.05, 3.63) is 22.4 Å². The van der Waals surface area contributed by atoms with Crippen LogP contribution in [-0.4, -0.2) is 38.5 Å². The van der Waals surface area contributed by atoms with Crippen LogP contribution in [-0.2, 0) is 14.8 Å². The lowest BCUT2D eigenvalue weighted by Gasteiger charge is -2.31. The van der Waals surface area contributed by atoms with Crippen LogP contribution in [0.3, 0.4) is 0 Å². The van der Waals surface area contributed by atoms with E-state index in [4.69, 9.17) is 10.5 Å². The molecule has 0 amide bonds. The quantitative estimate of drug-likeness (QED) is 0.830. The maximum Gasteiger partial charge on any atom is 0.245 e. The van der Waals surface area contributed by atoms with Crippen molar-refractivity contribution in [1.29, 1.82) is 0 Å². The Labute approximate surface area is 126 Å². The van der Waals surface area contributed by atoms with Crippen LogP contribution in [0.5, 0.6) is 0 Å². The average molecular weight is 367 g/mol. The van der Waals surface area contributed by atoms with Crippen molar-refractivity contribution in [1.82, 2.24) is 4.31 Å². The van der Waals surface area contributed by atoms with Gasteiger partial charge in [0.05, 0.1) is 22.9 Å². The van der Waals surface area contributed by atoms with Gasteiger partial charge in [0.15, 0.2) is 0 Å². The molecule has 1 aromatic rings. The van der Waals surface area contributed by atoms with Crippen LogP contribution in [0, 0.1) is 5.82 Å². The highest BCUT2D eigenvalue weighted by Gasteiger charge is 2.32. The number of ether oxygens (including phenoxy) is 1. The summed E-state index contributed by atoms with van der Waals surface area (Å²) in [5, 5.41) is 0. The van der Waals surface area contributed by atoms with Crippen molar-refractivity contribution in [2.24, 2.45) is 0 Å². The minimum absolute atomic E-state index is 0.0746. The number of anilines is 1. The molecule has 0 aromatic heterocycles. The molecule has 1 aliphatic rings. The normalized spacial score (nSPS) is 21.1. The standard InChI is InChI=1S/C12H16BrFN2O3S/c1-2-8-7-16(3-4-19-8)20(17,18)12-5-9(13)10(14)6-11(12)15/h5-6,8H,2-4,7,15H2,1H3. The summed E-state index contributed by atoms with van der Waals surface area (Å²) in [7, 11) is -3.74. The van der Waals surface area contributed by atoms with Gasteiger partial charge >= 0.3 is 0 Å². The van der Waals surface area contributed by atoms with Gasteiger partial charge in [-0.3, -0.25) is 0 Å². The number of hydrogen-bond donors (Lipinski definition) is 1. The second-order valence-electron chi connectivity index (χ2n) is 4.57. The number of nitrogens with zero attached hydrogens (tertiary/aromatic N) is 1. The molecule has 1 atom stereocenters. The summed E-state index contributed by atoms with van der Waals surface area (Å²) in [5.41, 5.74) is 5.56. The van der Waals surface area contributed by atoms with Crippen LogP contribution < -0.4 is 5.73 Å². The van der Waals surface area contributed by atoms with Gasteiger partial charge in [0.1, 0.15) is 10.7 Å². The number of halogens is 2. The van der Waals surface area contributed by atoms with Gasteiger partial charge in [-0.1, -0.05) is 6.92 Å². The molecule has 0 aliphatic carbocycles. The summed E-state index contributed by atoms with van der Waals surface area (Å²) in [6.45, 7) is 2.84. The number of nitrogens with two attached hydrogens (primary N) is 1. The fourth-order valence-electron chi connectivity index (χ4n) is 2.06. The predicted molar refractivity (Wildman–Crippen MR) is 77.3 cm³/mol. The summed E-state index contributed by atoms with van der Waals surface area (Å²) in [6.07, 6.45) is 0.609. The summed E-state index contributed by atoms with van der Waals surface area (Å²) >= 11 is 2.98. The van der Waals surface area contributed by atoms with Crippen molar-refractivity contribution in [3.63, 3.8) is 0 Å². The molecule has 1 unspecified atom stereocenters. The number of nitrogen functional groups attached to an aromatic ring is 1. The highest BCUT2D eigenvalue weighted by Crippen LogP contribution is 2.29. The molecule has 2 rings (SSSR count). The zero-order chi connectivity index (χ0) is 14.9. The largest absolute Gasteiger partial charge is 0.398 e. The third-order valence-corrected chi connectivity index (χ3v) is 5.76. The number of benzene rings is 1. The lowest BCUT2D eigenvalue weighted by atomic mass is 10.2. The first-order chi connectivity index (χ1) is 9.36. The molecule has 5 nitrogen and oxygen atoms in total. The number of sulfonamides is 1. The van der Waals surface area contributed by atoms with E-state index in [1.165, 1.54) is 10.4 Å². The van der Waals surface area contributed by atoms with E-state index in [0.29, 0.717) is 6.61 Å². The van der Waals surface area contributed by atoms with Gasteiger partial charge in [0, 0.05) is 13.1 Å². The minimum Gasteiger partial charge on any atom is -0.398 e. The van der Waals surface area contributed by atoms with E-state index in [1.807, 2.05) is 6.92 Å². The third-order valence-electron chi connectivity index (χ3n) is 3.23. The summed E-state index contributed by atoms with van der Waals surface area (Å²) in [5.74, 6) is -0.588. The zero-order valence-electron chi connectivity index (χ0n) is 11.0. The second kappa shape index (κ2) is 5.97. The Morgan fingerprint density at radius 3 is 2.90 bits per heavy atom. The fraction of sp³-hybridized carbons (Fsp3) is 0.500. The molecule has 1 saturated heterocycles. The summed E-state index contributed by atoms with van der Waals surface area (Å²) in [6, 6.07) is 2.21. The van der Waals surface area contributed by atoms with E-state index < -0.39 is 15.8 Å². The van der Waals surface area contributed by atoms with E-state index in [1.54, 1.807) is 0 Å². The highest BCUT2D eigenvalue weighted by molar-refractivity contribution is 9.10. The smallest absolute Gasteiger partial charge is 0.245 e. The van der Waals surface area contributed by atoms with Crippen molar-refractivity contribution in [3.8, 4) is 0 Å². The van der Waals surface area contributed by atoms with Crippen LogP contribution in [0.1, 0.15) is 13.3 Å². The van der Waals surface area contributed by atoms with Crippen LogP contribution >= 0.6 is 15.9 Å². The second-order valence-corrected chi connectivity index (χ2v) is 7.33. The molecular weight excluding hydrogens is 351 g/mol. The molecule has 0 saturated carbocycles. The minimum atomic E-state index is -3.74. The number of morpholine rings is 1. The van der Waals surface area contributed by atoms with Gasteiger partial charge in [-0.2, -0.15) is 4.31 Å².